The van der Waals surface area contributed by atoms with E-state index in [2.05, 4.69) is 23.0 Å². The molecule has 0 spiro atoms. The van der Waals surface area contributed by atoms with Gasteiger partial charge in [-0.3, -0.25) is 9.48 Å². The Hall–Kier alpha value is -1.76. The van der Waals surface area contributed by atoms with Crippen LogP contribution >= 0.6 is 0 Å². The average molecular weight is 203 g/mol. The van der Waals surface area contributed by atoms with Gasteiger partial charge in [-0.15, -0.1) is 0 Å². The van der Waals surface area contributed by atoms with Crippen molar-refractivity contribution >= 4 is 5.91 Å². The summed E-state index contributed by atoms with van der Waals surface area (Å²) in [6, 6.07) is 2.06. The van der Waals surface area contributed by atoms with Gasteiger partial charge in [-0.2, -0.15) is 5.10 Å². The van der Waals surface area contributed by atoms with Gasteiger partial charge in [-0.05, 0) is 31.2 Å². The summed E-state index contributed by atoms with van der Waals surface area (Å²) in [5.74, 6) is 4.44. The third-order valence-electron chi connectivity index (χ3n) is 2.45. The van der Waals surface area contributed by atoms with Gasteiger partial charge in [0.2, 0.25) is 0 Å². The van der Waals surface area contributed by atoms with Gasteiger partial charge < -0.3 is 5.73 Å². The second kappa shape index (κ2) is 4.18. The van der Waals surface area contributed by atoms with E-state index >= 15 is 0 Å². The molecule has 2 heterocycles. The molecule has 15 heavy (non-hydrogen) atoms. The second-order valence-electron chi connectivity index (χ2n) is 3.65. The van der Waals surface area contributed by atoms with Crippen molar-refractivity contribution in [1.29, 1.82) is 0 Å². The second-order valence-corrected chi connectivity index (χ2v) is 3.65. The highest BCUT2D eigenvalue weighted by Gasteiger charge is 2.10. The smallest absolute Gasteiger partial charge is 0.293 e. The first kappa shape index (κ1) is 9.78. The van der Waals surface area contributed by atoms with Gasteiger partial charge in [0.05, 0.1) is 12.1 Å². The maximum atomic E-state index is 10.4. The Morgan fingerprint density at radius 2 is 2.47 bits per heavy atom. The topological polar surface area (TPSA) is 60.9 Å². The van der Waals surface area contributed by atoms with Crippen LogP contribution in [-0.4, -0.2) is 15.7 Å². The molecule has 2 rings (SSSR count). The lowest BCUT2D eigenvalue weighted by molar-refractivity contribution is -0.112. The average Bonchev–Trinajstić information content (AvgIpc) is 2.59. The van der Waals surface area contributed by atoms with Gasteiger partial charge in [-0.1, -0.05) is 5.92 Å². The molecule has 4 heteroatoms. The molecular formula is C11H13N3O. The van der Waals surface area contributed by atoms with Crippen molar-refractivity contribution in [1.82, 2.24) is 9.78 Å². The number of aryl methyl sites for hydroxylation is 2. The van der Waals surface area contributed by atoms with E-state index in [4.69, 9.17) is 5.73 Å². The summed E-state index contributed by atoms with van der Waals surface area (Å²) >= 11 is 0. The first-order chi connectivity index (χ1) is 7.25. The van der Waals surface area contributed by atoms with E-state index in [0.29, 0.717) is 6.42 Å². The predicted molar refractivity (Wildman–Crippen MR) is 55.8 cm³/mol. The number of hydrogen-bond acceptors (Lipinski definition) is 2. The molecule has 1 aliphatic heterocycles. The van der Waals surface area contributed by atoms with Gasteiger partial charge in [-0.25, -0.2) is 0 Å². The third-order valence-corrected chi connectivity index (χ3v) is 2.45. The number of amides is 1. The maximum Gasteiger partial charge on any atom is 0.293 e. The minimum atomic E-state index is -0.584. The van der Waals surface area contributed by atoms with Gasteiger partial charge in [0.15, 0.2) is 0 Å². The first-order valence-corrected chi connectivity index (χ1v) is 5.09. The Bertz CT molecular complexity index is 413. The molecule has 78 valence electrons. The summed E-state index contributed by atoms with van der Waals surface area (Å²) in [4.78, 5) is 10.4. The van der Waals surface area contributed by atoms with E-state index in [0.717, 1.165) is 18.7 Å². The minimum absolute atomic E-state index is 0.503. The van der Waals surface area contributed by atoms with E-state index < -0.39 is 5.91 Å². The SMILES string of the molecule is NC(=O)C#CCc1cc2n(n1)CCCC2. The molecule has 0 unspecified atom stereocenters. The molecule has 0 saturated carbocycles. The van der Waals surface area contributed by atoms with Crippen LogP contribution < -0.4 is 5.73 Å². The largest absolute Gasteiger partial charge is 0.359 e. The number of primary amides is 1. The number of nitrogens with zero attached hydrogens (tertiary/aromatic N) is 2. The summed E-state index contributed by atoms with van der Waals surface area (Å²) in [7, 11) is 0. The first-order valence-electron chi connectivity index (χ1n) is 5.09. The standard InChI is InChI=1S/C11H13N3O/c12-11(15)6-3-4-9-8-10-5-1-2-7-14(10)13-9/h8H,1-2,4-5,7H2,(H2,12,15). The Kier molecular flexibility index (Phi) is 2.72. The van der Waals surface area contributed by atoms with Crippen molar-refractivity contribution in [2.75, 3.05) is 0 Å². The van der Waals surface area contributed by atoms with E-state index in [1.165, 1.54) is 18.5 Å². The monoisotopic (exact) mass is 203 g/mol. The fourth-order valence-corrected chi connectivity index (χ4v) is 1.79. The molecule has 1 aromatic rings. The fourth-order valence-electron chi connectivity index (χ4n) is 1.79. The highest BCUT2D eigenvalue weighted by atomic mass is 16.1. The lowest BCUT2D eigenvalue weighted by Crippen LogP contribution is -2.10. The van der Waals surface area contributed by atoms with Crippen molar-refractivity contribution < 1.29 is 4.79 Å². The molecule has 2 N–H and O–H groups in total. The van der Waals surface area contributed by atoms with Crippen molar-refractivity contribution in [3.63, 3.8) is 0 Å². The quantitative estimate of drug-likeness (QED) is 0.665. The Morgan fingerprint density at radius 3 is 3.20 bits per heavy atom. The van der Waals surface area contributed by atoms with Crippen LogP contribution in [0.3, 0.4) is 0 Å². The minimum Gasteiger partial charge on any atom is -0.359 e. The van der Waals surface area contributed by atoms with E-state index in [1.807, 2.05) is 4.68 Å². The highest BCUT2D eigenvalue weighted by molar-refractivity contribution is 5.91. The number of fused-ring (bicyclic) bond motifs is 1. The number of rotatable bonds is 1. The normalized spacial score (nSPS) is 13.9. The van der Waals surface area contributed by atoms with Crippen molar-refractivity contribution in [3.05, 3.63) is 17.5 Å². The summed E-state index contributed by atoms with van der Waals surface area (Å²) in [6.45, 7) is 0.999. The Balaban J connectivity index is 2.07. The summed E-state index contributed by atoms with van der Waals surface area (Å²) in [5.41, 5.74) is 7.12. The molecule has 1 aromatic heterocycles. The zero-order valence-electron chi connectivity index (χ0n) is 8.49. The molecule has 0 bridgehead atoms. The van der Waals surface area contributed by atoms with Crippen LogP contribution in [0.1, 0.15) is 24.2 Å². The lowest BCUT2D eigenvalue weighted by Gasteiger charge is -2.11. The molecule has 0 saturated heterocycles. The fraction of sp³-hybridized carbons (Fsp3) is 0.455. The zero-order chi connectivity index (χ0) is 10.7. The van der Waals surface area contributed by atoms with Gasteiger partial charge in [0.25, 0.3) is 5.91 Å². The van der Waals surface area contributed by atoms with Crippen molar-refractivity contribution in [2.24, 2.45) is 5.73 Å². The molecule has 1 aliphatic rings. The van der Waals surface area contributed by atoms with E-state index in [9.17, 15) is 4.79 Å². The molecule has 4 nitrogen and oxygen atoms in total. The van der Waals surface area contributed by atoms with E-state index in [1.54, 1.807) is 0 Å². The number of hydrogen-bond donors (Lipinski definition) is 1. The third kappa shape index (κ3) is 2.38. The van der Waals surface area contributed by atoms with Crippen LogP contribution in [-0.2, 0) is 24.2 Å². The lowest BCUT2D eigenvalue weighted by atomic mass is 10.1. The van der Waals surface area contributed by atoms with Gasteiger partial charge in [0.1, 0.15) is 0 Å². The van der Waals surface area contributed by atoms with Gasteiger partial charge >= 0.3 is 0 Å². The number of nitrogens with two attached hydrogens (primary N) is 1. The van der Waals surface area contributed by atoms with Crippen LogP contribution in [0.4, 0.5) is 0 Å². The molecular weight excluding hydrogens is 190 g/mol. The molecule has 0 fully saturated rings. The van der Waals surface area contributed by atoms with Crippen molar-refractivity contribution in [2.45, 2.75) is 32.2 Å². The molecule has 1 amide bonds. The predicted octanol–water partition coefficient (Wildman–Crippen LogP) is 0.251. The van der Waals surface area contributed by atoms with Crippen molar-refractivity contribution in [3.8, 4) is 11.8 Å². The molecule has 0 atom stereocenters. The van der Waals surface area contributed by atoms with Crippen LogP contribution in [0, 0.1) is 11.8 Å². The highest BCUT2D eigenvalue weighted by Crippen LogP contribution is 2.15. The van der Waals surface area contributed by atoms with Gasteiger partial charge in [0, 0.05) is 12.2 Å². The molecule has 0 aliphatic carbocycles. The Labute approximate surface area is 88.5 Å². The zero-order valence-corrected chi connectivity index (χ0v) is 8.49. The van der Waals surface area contributed by atoms with E-state index in [-0.39, 0.29) is 0 Å². The summed E-state index contributed by atoms with van der Waals surface area (Å²) in [6.07, 6.45) is 4.03. The Morgan fingerprint density at radius 1 is 1.60 bits per heavy atom. The number of aromatic nitrogens is 2. The number of carbonyl (C=O) groups is 1. The maximum absolute atomic E-state index is 10.4. The number of carbonyl (C=O) groups excluding carboxylic acids is 1. The van der Waals surface area contributed by atoms with Crippen LogP contribution in [0.2, 0.25) is 0 Å². The molecule has 0 radical (unpaired) electrons. The summed E-state index contributed by atoms with van der Waals surface area (Å²) in [5, 5.41) is 4.41. The van der Waals surface area contributed by atoms with Crippen LogP contribution in [0.25, 0.3) is 0 Å². The van der Waals surface area contributed by atoms with Crippen LogP contribution in [0.5, 0.6) is 0 Å². The molecule has 0 aromatic carbocycles. The van der Waals surface area contributed by atoms with Crippen LogP contribution in [0.15, 0.2) is 6.07 Å². The summed E-state index contributed by atoms with van der Waals surface area (Å²) < 4.78 is 2.03.